The van der Waals surface area contributed by atoms with Crippen LogP contribution in [0.2, 0.25) is 0 Å². The zero-order chi connectivity index (χ0) is 18.7. The standard InChI is InChI=1S/C18H19BrN4O2S/c1-4-25-17(24)16-11(3)20-10(2)15(16)14-9-26-18(23-22-14)21-13-7-5-6-12(19)8-13/h5-8,20H,4,9H2,1-3H3,(H,21,23). The molecular weight excluding hydrogens is 416 g/mol. The fourth-order valence-corrected chi connectivity index (χ4v) is 3.91. The van der Waals surface area contributed by atoms with E-state index in [-0.39, 0.29) is 5.97 Å². The maximum Gasteiger partial charge on any atom is 0.340 e. The summed E-state index contributed by atoms with van der Waals surface area (Å²) in [5, 5.41) is 5.17. The molecule has 0 bridgehead atoms. The highest BCUT2D eigenvalue weighted by molar-refractivity contribution is 9.10. The Bertz CT molecular complexity index is 905. The number of nitrogens with zero attached hydrogens (tertiary/aromatic N) is 2. The van der Waals surface area contributed by atoms with Gasteiger partial charge in [0.25, 0.3) is 0 Å². The number of hydrogen-bond donors (Lipinski definition) is 2. The Balaban J connectivity index is 1.87. The predicted molar refractivity (Wildman–Crippen MR) is 110 cm³/mol. The Hall–Kier alpha value is -2.06. The summed E-state index contributed by atoms with van der Waals surface area (Å²) in [7, 11) is 0. The van der Waals surface area contributed by atoms with E-state index in [2.05, 4.69) is 36.4 Å². The second-order valence-electron chi connectivity index (χ2n) is 5.70. The molecule has 0 saturated carbocycles. The number of H-pyrrole nitrogens is 1. The van der Waals surface area contributed by atoms with Gasteiger partial charge in [-0.05, 0) is 39.0 Å². The average molecular weight is 435 g/mol. The normalized spacial score (nSPS) is 15.5. The van der Waals surface area contributed by atoms with E-state index < -0.39 is 0 Å². The van der Waals surface area contributed by atoms with Crippen molar-refractivity contribution in [2.24, 2.45) is 10.1 Å². The van der Waals surface area contributed by atoms with Crippen LogP contribution in [0.15, 0.2) is 38.8 Å². The first-order valence-corrected chi connectivity index (χ1v) is 9.93. The molecule has 0 atom stereocenters. The van der Waals surface area contributed by atoms with Crippen LogP contribution in [0.5, 0.6) is 0 Å². The molecule has 2 heterocycles. The third kappa shape index (κ3) is 4.02. The number of carbonyl (C=O) groups excluding carboxylic acids is 1. The molecule has 1 aromatic carbocycles. The van der Waals surface area contributed by atoms with Crippen molar-refractivity contribution in [1.82, 2.24) is 10.4 Å². The molecule has 1 aliphatic rings. The first-order chi connectivity index (χ1) is 12.5. The van der Waals surface area contributed by atoms with Gasteiger partial charge in [-0.1, -0.05) is 33.8 Å². The number of hydrogen-bond acceptors (Lipinski definition) is 5. The minimum absolute atomic E-state index is 0.328. The second kappa shape index (κ2) is 8.09. The summed E-state index contributed by atoms with van der Waals surface area (Å²) in [4.78, 5) is 20.1. The van der Waals surface area contributed by atoms with Crippen molar-refractivity contribution in [3.63, 3.8) is 0 Å². The molecule has 1 aromatic heterocycles. The second-order valence-corrected chi connectivity index (χ2v) is 7.58. The molecule has 0 amide bonds. The number of hydrazone groups is 1. The van der Waals surface area contributed by atoms with Crippen LogP contribution in [0.4, 0.5) is 5.69 Å². The quantitative estimate of drug-likeness (QED) is 0.702. The van der Waals surface area contributed by atoms with Gasteiger partial charge in [-0.2, -0.15) is 5.10 Å². The summed E-state index contributed by atoms with van der Waals surface area (Å²) in [6.07, 6.45) is 0. The number of aromatic amines is 1. The number of thioether (sulfide) groups is 1. The van der Waals surface area contributed by atoms with Crippen LogP contribution in [0, 0.1) is 13.8 Å². The summed E-state index contributed by atoms with van der Waals surface area (Å²) in [6, 6.07) is 7.75. The maximum absolute atomic E-state index is 12.3. The molecule has 0 saturated heterocycles. The molecular formula is C18H19BrN4O2S. The number of aryl methyl sites for hydroxylation is 2. The number of halogens is 1. The fraction of sp³-hybridized carbons (Fsp3) is 0.278. The molecule has 26 heavy (non-hydrogen) atoms. The van der Waals surface area contributed by atoms with Crippen LogP contribution in [0.1, 0.15) is 34.2 Å². The summed E-state index contributed by atoms with van der Waals surface area (Å²) < 4.78 is 6.17. The van der Waals surface area contributed by atoms with Crippen LogP contribution < -0.4 is 5.43 Å². The van der Waals surface area contributed by atoms with Crippen LogP contribution in [0.3, 0.4) is 0 Å². The number of benzene rings is 1. The number of nitrogens with one attached hydrogen (secondary N) is 2. The summed E-state index contributed by atoms with van der Waals surface area (Å²) in [5.74, 6) is 0.287. The van der Waals surface area contributed by atoms with Gasteiger partial charge in [0, 0.05) is 27.2 Å². The highest BCUT2D eigenvalue weighted by atomic mass is 79.9. The van der Waals surface area contributed by atoms with E-state index in [1.54, 1.807) is 18.7 Å². The molecule has 0 radical (unpaired) electrons. The van der Waals surface area contributed by atoms with E-state index >= 15 is 0 Å². The molecule has 8 heteroatoms. The summed E-state index contributed by atoms with van der Waals surface area (Å²) >= 11 is 4.99. The third-order valence-electron chi connectivity index (χ3n) is 3.81. The number of aromatic nitrogens is 1. The lowest BCUT2D eigenvalue weighted by Gasteiger charge is -2.16. The van der Waals surface area contributed by atoms with Gasteiger partial charge in [0.2, 0.25) is 0 Å². The number of ether oxygens (including phenoxy) is 1. The van der Waals surface area contributed by atoms with Gasteiger partial charge in [0.15, 0.2) is 5.17 Å². The van der Waals surface area contributed by atoms with Crippen molar-refractivity contribution in [2.45, 2.75) is 20.8 Å². The van der Waals surface area contributed by atoms with E-state index in [9.17, 15) is 4.79 Å². The minimum Gasteiger partial charge on any atom is -0.462 e. The molecule has 2 aromatic rings. The summed E-state index contributed by atoms with van der Waals surface area (Å²) in [5.41, 5.74) is 7.68. The molecule has 1 aliphatic heterocycles. The first-order valence-electron chi connectivity index (χ1n) is 8.16. The van der Waals surface area contributed by atoms with Crippen LogP contribution in [-0.4, -0.2) is 34.2 Å². The molecule has 0 spiro atoms. The lowest BCUT2D eigenvalue weighted by Crippen LogP contribution is -2.26. The smallest absolute Gasteiger partial charge is 0.340 e. The van der Waals surface area contributed by atoms with Crippen LogP contribution in [0.25, 0.3) is 0 Å². The van der Waals surface area contributed by atoms with Crippen molar-refractivity contribution in [1.29, 1.82) is 0 Å². The Morgan fingerprint density at radius 1 is 1.38 bits per heavy atom. The minimum atomic E-state index is -0.328. The first kappa shape index (κ1) is 18.7. The van der Waals surface area contributed by atoms with Gasteiger partial charge < -0.3 is 9.72 Å². The predicted octanol–water partition coefficient (Wildman–Crippen LogP) is 4.30. The van der Waals surface area contributed by atoms with Gasteiger partial charge in [-0.3, -0.25) is 5.43 Å². The van der Waals surface area contributed by atoms with Crippen molar-refractivity contribution < 1.29 is 9.53 Å². The SMILES string of the molecule is CCOC(=O)c1c(C)[nH]c(C)c1C1=NNC(=Nc2cccc(Br)c2)SC1. The van der Waals surface area contributed by atoms with Crippen molar-refractivity contribution in [3.8, 4) is 0 Å². The topological polar surface area (TPSA) is 78.8 Å². The summed E-state index contributed by atoms with van der Waals surface area (Å²) in [6.45, 7) is 5.94. The Morgan fingerprint density at radius 2 is 2.19 bits per heavy atom. The molecule has 3 rings (SSSR count). The number of rotatable bonds is 4. The van der Waals surface area contributed by atoms with Crippen LogP contribution >= 0.6 is 27.7 Å². The van der Waals surface area contributed by atoms with Gasteiger partial charge in [0.1, 0.15) is 0 Å². The number of aliphatic imine (C=N–C) groups is 1. The Labute approximate surface area is 164 Å². The number of amidine groups is 1. The van der Waals surface area contributed by atoms with E-state index in [1.807, 2.05) is 38.1 Å². The fourth-order valence-electron chi connectivity index (χ4n) is 2.77. The zero-order valence-corrected chi connectivity index (χ0v) is 17.1. The molecule has 0 unspecified atom stereocenters. The Kier molecular flexibility index (Phi) is 5.83. The number of carbonyl (C=O) groups is 1. The lowest BCUT2D eigenvalue weighted by molar-refractivity contribution is 0.0525. The monoisotopic (exact) mass is 434 g/mol. The largest absolute Gasteiger partial charge is 0.462 e. The van der Waals surface area contributed by atoms with E-state index in [0.29, 0.717) is 17.9 Å². The van der Waals surface area contributed by atoms with Gasteiger partial charge in [0.05, 0.1) is 23.6 Å². The molecule has 0 fully saturated rings. The lowest BCUT2D eigenvalue weighted by atomic mass is 10.1. The number of esters is 1. The highest BCUT2D eigenvalue weighted by Gasteiger charge is 2.26. The van der Waals surface area contributed by atoms with Crippen molar-refractivity contribution in [2.75, 3.05) is 12.4 Å². The highest BCUT2D eigenvalue weighted by Crippen LogP contribution is 2.25. The van der Waals surface area contributed by atoms with Gasteiger partial charge in [-0.15, -0.1) is 0 Å². The molecule has 0 aliphatic carbocycles. The van der Waals surface area contributed by atoms with Crippen molar-refractivity contribution in [3.05, 3.63) is 51.3 Å². The van der Waals surface area contributed by atoms with Gasteiger partial charge in [-0.25, -0.2) is 9.79 Å². The Morgan fingerprint density at radius 3 is 2.85 bits per heavy atom. The van der Waals surface area contributed by atoms with Gasteiger partial charge >= 0.3 is 5.97 Å². The third-order valence-corrected chi connectivity index (χ3v) is 5.18. The average Bonchev–Trinajstić information content (AvgIpc) is 2.90. The van der Waals surface area contributed by atoms with E-state index in [0.717, 1.165) is 38.0 Å². The molecule has 6 nitrogen and oxygen atoms in total. The maximum atomic E-state index is 12.3. The van der Waals surface area contributed by atoms with E-state index in [4.69, 9.17) is 4.74 Å². The zero-order valence-electron chi connectivity index (χ0n) is 14.7. The molecule has 2 N–H and O–H groups in total. The van der Waals surface area contributed by atoms with Crippen LogP contribution in [-0.2, 0) is 4.74 Å². The molecule has 136 valence electrons. The van der Waals surface area contributed by atoms with E-state index in [1.165, 1.54) is 0 Å². The van der Waals surface area contributed by atoms with Crippen molar-refractivity contribution >= 4 is 50.2 Å².